The maximum Gasteiger partial charge on any atom is 0.223 e. The lowest BCUT2D eigenvalue weighted by atomic mass is 10.2. The van der Waals surface area contributed by atoms with Gasteiger partial charge in [-0.2, -0.15) is 0 Å². The lowest BCUT2D eigenvalue weighted by molar-refractivity contribution is 1.04. The van der Waals surface area contributed by atoms with E-state index < -0.39 is 0 Å². The van der Waals surface area contributed by atoms with Crippen LogP contribution >= 0.6 is 23.4 Å². The Morgan fingerprint density at radius 3 is 2.79 bits per heavy atom. The highest BCUT2D eigenvalue weighted by Gasteiger charge is 2.10. The van der Waals surface area contributed by atoms with Crippen molar-refractivity contribution in [2.24, 2.45) is 0 Å². The molecule has 3 aromatic rings. The predicted molar refractivity (Wildman–Crippen MR) is 75.1 cm³/mol. The third kappa shape index (κ3) is 2.45. The molecule has 3 rings (SSSR count). The minimum atomic E-state index is 0.162. The van der Waals surface area contributed by atoms with Gasteiger partial charge < -0.3 is 5.73 Å². The molecule has 94 valence electrons. The van der Waals surface area contributed by atoms with E-state index in [9.17, 15) is 0 Å². The van der Waals surface area contributed by atoms with Gasteiger partial charge in [-0.1, -0.05) is 18.2 Å². The SMILES string of the molecule is Nc1cnc(Cl)nc1Sc1ncnc2ccccc12. The van der Waals surface area contributed by atoms with Crippen molar-refractivity contribution in [3.8, 4) is 0 Å². The second-order valence-electron chi connectivity index (χ2n) is 3.70. The second-order valence-corrected chi connectivity index (χ2v) is 5.01. The van der Waals surface area contributed by atoms with Gasteiger partial charge in [0.05, 0.1) is 17.4 Å². The van der Waals surface area contributed by atoms with E-state index >= 15 is 0 Å². The molecule has 0 radical (unpaired) electrons. The highest BCUT2D eigenvalue weighted by molar-refractivity contribution is 7.99. The summed E-state index contributed by atoms with van der Waals surface area (Å²) in [6.45, 7) is 0. The molecule has 2 heterocycles. The van der Waals surface area contributed by atoms with Gasteiger partial charge in [-0.3, -0.25) is 0 Å². The average molecular weight is 290 g/mol. The molecule has 2 aromatic heterocycles. The number of para-hydroxylation sites is 1. The Hall–Kier alpha value is -1.92. The summed E-state index contributed by atoms with van der Waals surface area (Å²) >= 11 is 7.12. The molecular formula is C12H8ClN5S. The van der Waals surface area contributed by atoms with Gasteiger partial charge in [-0.15, -0.1) is 0 Å². The molecule has 0 aliphatic heterocycles. The summed E-state index contributed by atoms with van der Waals surface area (Å²) < 4.78 is 0. The van der Waals surface area contributed by atoms with Crippen molar-refractivity contribution in [3.05, 3.63) is 42.1 Å². The molecule has 19 heavy (non-hydrogen) atoms. The Morgan fingerprint density at radius 1 is 1.05 bits per heavy atom. The first kappa shape index (κ1) is 12.1. The first-order valence-electron chi connectivity index (χ1n) is 5.39. The van der Waals surface area contributed by atoms with E-state index in [-0.39, 0.29) is 5.28 Å². The molecule has 0 saturated heterocycles. The van der Waals surface area contributed by atoms with Crippen LogP contribution in [0.1, 0.15) is 0 Å². The van der Waals surface area contributed by atoms with Crippen LogP contribution in [0.25, 0.3) is 10.9 Å². The molecule has 7 heteroatoms. The number of nitrogen functional groups attached to an aromatic ring is 1. The third-order valence-corrected chi connectivity index (χ3v) is 3.67. The van der Waals surface area contributed by atoms with E-state index in [1.165, 1.54) is 24.3 Å². The number of fused-ring (bicyclic) bond motifs is 1. The van der Waals surface area contributed by atoms with Crippen LogP contribution in [-0.2, 0) is 0 Å². The van der Waals surface area contributed by atoms with Gasteiger partial charge in [0, 0.05) is 5.39 Å². The topological polar surface area (TPSA) is 77.6 Å². The zero-order valence-corrected chi connectivity index (χ0v) is 11.2. The predicted octanol–water partition coefficient (Wildman–Crippen LogP) is 2.81. The number of hydrogen-bond acceptors (Lipinski definition) is 6. The summed E-state index contributed by atoms with van der Waals surface area (Å²) in [7, 11) is 0. The number of benzene rings is 1. The summed E-state index contributed by atoms with van der Waals surface area (Å²) in [6, 6.07) is 7.75. The smallest absolute Gasteiger partial charge is 0.223 e. The molecule has 0 atom stereocenters. The van der Waals surface area contributed by atoms with E-state index in [1.54, 1.807) is 0 Å². The van der Waals surface area contributed by atoms with Crippen LogP contribution in [0.4, 0.5) is 5.69 Å². The van der Waals surface area contributed by atoms with Crippen LogP contribution in [0.15, 0.2) is 46.8 Å². The largest absolute Gasteiger partial charge is 0.395 e. The molecule has 0 amide bonds. The standard InChI is InChI=1S/C12H8ClN5S/c13-12-15-5-8(14)11(18-12)19-10-7-3-1-2-4-9(7)16-6-17-10/h1-6H,14H2. The van der Waals surface area contributed by atoms with Crippen molar-refractivity contribution in [2.45, 2.75) is 10.1 Å². The summed E-state index contributed by atoms with van der Waals surface area (Å²) in [6.07, 6.45) is 3.00. The minimum absolute atomic E-state index is 0.162. The molecule has 5 nitrogen and oxygen atoms in total. The normalized spacial score (nSPS) is 10.8. The highest BCUT2D eigenvalue weighted by Crippen LogP contribution is 2.32. The van der Waals surface area contributed by atoms with Crippen molar-refractivity contribution in [3.63, 3.8) is 0 Å². The Morgan fingerprint density at radius 2 is 1.89 bits per heavy atom. The van der Waals surface area contributed by atoms with E-state index in [2.05, 4.69) is 19.9 Å². The zero-order chi connectivity index (χ0) is 13.2. The van der Waals surface area contributed by atoms with Crippen LogP contribution in [0.5, 0.6) is 0 Å². The fourth-order valence-corrected chi connectivity index (χ4v) is 2.64. The molecular weight excluding hydrogens is 282 g/mol. The monoisotopic (exact) mass is 289 g/mol. The number of halogens is 1. The lowest BCUT2D eigenvalue weighted by Crippen LogP contribution is -1.95. The van der Waals surface area contributed by atoms with Crippen molar-refractivity contribution >= 4 is 40.0 Å². The number of nitrogens with zero attached hydrogens (tertiary/aromatic N) is 4. The van der Waals surface area contributed by atoms with Crippen LogP contribution in [0, 0.1) is 0 Å². The second kappa shape index (κ2) is 4.99. The van der Waals surface area contributed by atoms with E-state index in [0.717, 1.165) is 15.9 Å². The Bertz CT molecular complexity index is 744. The number of aromatic nitrogens is 4. The van der Waals surface area contributed by atoms with Crippen LogP contribution < -0.4 is 5.73 Å². The van der Waals surface area contributed by atoms with Crippen LogP contribution in [0.3, 0.4) is 0 Å². The van der Waals surface area contributed by atoms with E-state index in [4.69, 9.17) is 17.3 Å². The summed E-state index contributed by atoms with van der Waals surface area (Å²) in [5, 5.41) is 2.48. The molecule has 0 aliphatic rings. The van der Waals surface area contributed by atoms with Crippen LogP contribution in [-0.4, -0.2) is 19.9 Å². The van der Waals surface area contributed by atoms with Crippen molar-refractivity contribution in [1.82, 2.24) is 19.9 Å². The number of nitrogens with two attached hydrogens (primary N) is 1. The molecule has 0 fully saturated rings. The Balaban J connectivity index is 2.08. The molecule has 0 bridgehead atoms. The quantitative estimate of drug-likeness (QED) is 0.577. The molecule has 0 saturated carbocycles. The Labute approximate surface area is 118 Å². The van der Waals surface area contributed by atoms with Crippen LogP contribution in [0.2, 0.25) is 5.28 Å². The number of hydrogen-bond donors (Lipinski definition) is 1. The van der Waals surface area contributed by atoms with Gasteiger partial charge in [0.15, 0.2) is 0 Å². The minimum Gasteiger partial charge on any atom is -0.395 e. The molecule has 1 aromatic carbocycles. The first-order chi connectivity index (χ1) is 9.24. The highest BCUT2D eigenvalue weighted by atomic mass is 35.5. The van der Waals surface area contributed by atoms with E-state index in [1.807, 2.05) is 24.3 Å². The van der Waals surface area contributed by atoms with Gasteiger partial charge in [-0.05, 0) is 29.4 Å². The Kier molecular flexibility index (Phi) is 3.18. The van der Waals surface area contributed by atoms with Gasteiger partial charge in [0.25, 0.3) is 0 Å². The number of anilines is 1. The van der Waals surface area contributed by atoms with Crippen molar-refractivity contribution < 1.29 is 0 Å². The van der Waals surface area contributed by atoms with Gasteiger partial charge in [0.2, 0.25) is 5.28 Å². The van der Waals surface area contributed by atoms with Gasteiger partial charge in [-0.25, -0.2) is 19.9 Å². The molecule has 0 spiro atoms. The summed E-state index contributed by atoms with van der Waals surface area (Å²) in [5.74, 6) is 0. The summed E-state index contributed by atoms with van der Waals surface area (Å²) in [4.78, 5) is 16.4. The maximum atomic E-state index is 5.83. The summed E-state index contributed by atoms with van der Waals surface area (Å²) in [5.41, 5.74) is 7.18. The van der Waals surface area contributed by atoms with Crippen molar-refractivity contribution in [1.29, 1.82) is 0 Å². The zero-order valence-electron chi connectivity index (χ0n) is 9.62. The fraction of sp³-hybridized carbons (Fsp3) is 0. The first-order valence-corrected chi connectivity index (χ1v) is 6.59. The molecule has 2 N–H and O–H groups in total. The average Bonchev–Trinajstić information content (AvgIpc) is 2.43. The molecule has 0 unspecified atom stereocenters. The maximum absolute atomic E-state index is 5.83. The number of rotatable bonds is 2. The molecule has 0 aliphatic carbocycles. The van der Waals surface area contributed by atoms with E-state index in [0.29, 0.717) is 10.7 Å². The fourth-order valence-electron chi connectivity index (χ4n) is 1.59. The lowest BCUT2D eigenvalue weighted by Gasteiger charge is -2.05. The van der Waals surface area contributed by atoms with Gasteiger partial charge in [0.1, 0.15) is 16.4 Å². The van der Waals surface area contributed by atoms with Crippen molar-refractivity contribution in [2.75, 3.05) is 5.73 Å². The van der Waals surface area contributed by atoms with Gasteiger partial charge >= 0.3 is 0 Å². The third-order valence-electron chi connectivity index (χ3n) is 2.45.